The number of rotatable bonds is 10. The Morgan fingerprint density at radius 1 is 1.31 bits per heavy atom. The van der Waals surface area contributed by atoms with Crippen molar-refractivity contribution in [1.29, 1.82) is 5.26 Å². The van der Waals surface area contributed by atoms with E-state index in [2.05, 4.69) is 45.9 Å². The maximum absolute atomic E-state index is 13.3. The standard InChI is InChI=1S/C26H33N7O2/c1-28-9-11-32(2)18-20-4-3-5-21(14-20)24-15-22(23-17-30-33(10-8-27)25(23)31-24)26(34)29-16-19-6-12-35-13-7-19/h3-5,14-15,17,19,28H,6-7,9-13,16,18H2,1-2H3,(H,29,34). The van der Waals surface area contributed by atoms with Crippen molar-refractivity contribution in [2.75, 3.05) is 46.9 Å². The Labute approximate surface area is 206 Å². The zero-order valence-corrected chi connectivity index (χ0v) is 20.5. The minimum atomic E-state index is -0.149. The number of likely N-dealkylation sites (N-methyl/N-ethyl adjacent to an activating group) is 2. The highest BCUT2D eigenvalue weighted by atomic mass is 16.5. The summed E-state index contributed by atoms with van der Waals surface area (Å²) in [5, 5.41) is 20.5. The fraction of sp³-hybridized carbons (Fsp3) is 0.462. The van der Waals surface area contributed by atoms with Crippen LogP contribution in [0.1, 0.15) is 28.8 Å². The smallest absolute Gasteiger partial charge is 0.252 e. The molecule has 9 heteroatoms. The molecule has 4 rings (SSSR count). The third-order valence-electron chi connectivity index (χ3n) is 6.39. The van der Waals surface area contributed by atoms with Crippen LogP contribution in [0.3, 0.4) is 0 Å². The number of aromatic nitrogens is 3. The zero-order chi connectivity index (χ0) is 24.6. The number of benzene rings is 1. The maximum atomic E-state index is 13.3. The lowest BCUT2D eigenvalue weighted by molar-refractivity contribution is 0.0643. The first-order valence-corrected chi connectivity index (χ1v) is 12.1. The predicted molar refractivity (Wildman–Crippen MR) is 135 cm³/mol. The maximum Gasteiger partial charge on any atom is 0.252 e. The van der Waals surface area contributed by atoms with Crippen LogP contribution >= 0.6 is 0 Å². The fourth-order valence-corrected chi connectivity index (χ4v) is 4.37. The molecule has 0 saturated carbocycles. The van der Waals surface area contributed by atoms with E-state index in [4.69, 9.17) is 9.72 Å². The Morgan fingerprint density at radius 3 is 2.91 bits per heavy atom. The molecule has 0 radical (unpaired) electrons. The first-order chi connectivity index (χ1) is 17.1. The van der Waals surface area contributed by atoms with Gasteiger partial charge in [0.2, 0.25) is 0 Å². The second kappa shape index (κ2) is 11.9. The Kier molecular flexibility index (Phi) is 8.42. The van der Waals surface area contributed by atoms with Crippen LogP contribution in [-0.4, -0.2) is 72.5 Å². The van der Waals surface area contributed by atoms with Gasteiger partial charge in [0.25, 0.3) is 5.91 Å². The van der Waals surface area contributed by atoms with Gasteiger partial charge in [-0.25, -0.2) is 9.67 Å². The molecule has 1 aliphatic heterocycles. The molecule has 1 amide bonds. The number of nitrogens with one attached hydrogen (secondary N) is 2. The number of hydrogen-bond donors (Lipinski definition) is 2. The average Bonchev–Trinajstić information content (AvgIpc) is 3.29. The van der Waals surface area contributed by atoms with Crippen LogP contribution in [0.5, 0.6) is 0 Å². The second-order valence-electron chi connectivity index (χ2n) is 9.06. The molecule has 0 aliphatic carbocycles. The molecule has 1 aromatic carbocycles. The highest BCUT2D eigenvalue weighted by Gasteiger charge is 2.20. The molecule has 0 unspecified atom stereocenters. The Bertz CT molecular complexity index is 1190. The van der Waals surface area contributed by atoms with Gasteiger partial charge >= 0.3 is 0 Å². The van der Waals surface area contributed by atoms with Crippen molar-refractivity contribution in [2.45, 2.75) is 25.9 Å². The summed E-state index contributed by atoms with van der Waals surface area (Å²) >= 11 is 0. The summed E-state index contributed by atoms with van der Waals surface area (Å²) < 4.78 is 6.97. The van der Waals surface area contributed by atoms with Crippen molar-refractivity contribution in [2.24, 2.45) is 5.92 Å². The molecule has 3 aromatic rings. The van der Waals surface area contributed by atoms with E-state index < -0.39 is 0 Å². The van der Waals surface area contributed by atoms with E-state index in [1.54, 1.807) is 10.9 Å². The molecule has 1 aliphatic rings. The van der Waals surface area contributed by atoms with E-state index in [9.17, 15) is 10.1 Å². The molecule has 35 heavy (non-hydrogen) atoms. The SMILES string of the molecule is CNCCN(C)Cc1cccc(-c2cc(C(=O)NCC3CCOCC3)c3cnn(CC#N)c3n2)c1. The lowest BCUT2D eigenvalue weighted by Gasteiger charge is -2.22. The molecule has 2 N–H and O–H groups in total. The third-order valence-corrected chi connectivity index (χ3v) is 6.39. The number of carbonyl (C=O) groups is 1. The molecule has 0 atom stereocenters. The van der Waals surface area contributed by atoms with Crippen LogP contribution in [0.15, 0.2) is 36.5 Å². The number of nitriles is 1. The van der Waals surface area contributed by atoms with Crippen LogP contribution in [-0.2, 0) is 17.8 Å². The number of amides is 1. The van der Waals surface area contributed by atoms with Crippen molar-refractivity contribution in [3.63, 3.8) is 0 Å². The lowest BCUT2D eigenvalue weighted by Crippen LogP contribution is -2.32. The van der Waals surface area contributed by atoms with Crippen LogP contribution in [0, 0.1) is 17.2 Å². The van der Waals surface area contributed by atoms with E-state index in [1.807, 2.05) is 25.2 Å². The summed E-state index contributed by atoms with van der Waals surface area (Å²) in [6.45, 7) is 4.83. The quantitative estimate of drug-likeness (QED) is 0.464. The molecule has 9 nitrogen and oxygen atoms in total. The minimum absolute atomic E-state index is 0.0688. The van der Waals surface area contributed by atoms with Gasteiger partial charge in [0, 0.05) is 45.0 Å². The fourth-order valence-electron chi connectivity index (χ4n) is 4.37. The molecule has 2 aromatic heterocycles. The van der Waals surface area contributed by atoms with E-state index in [-0.39, 0.29) is 12.5 Å². The summed E-state index contributed by atoms with van der Waals surface area (Å²) in [6.07, 6.45) is 3.53. The van der Waals surface area contributed by atoms with Gasteiger partial charge in [-0.15, -0.1) is 0 Å². The van der Waals surface area contributed by atoms with Gasteiger partial charge in [0.15, 0.2) is 5.65 Å². The van der Waals surface area contributed by atoms with Gasteiger partial charge in [0.05, 0.1) is 28.9 Å². The number of hydrogen-bond acceptors (Lipinski definition) is 7. The lowest BCUT2D eigenvalue weighted by atomic mass is 10.00. The summed E-state index contributed by atoms with van der Waals surface area (Å²) in [6, 6.07) is 12.2. The number of fused-ring (bicyclic) bond motifs is 1. The van der Waals surface area contributed by atoms with E-state index in [0.29, 0.717) is 34.8 Å². The predicted octanol–water partition coefficient (Wildman–Crippen LogP) is 2.43. The first-order valence-electron chi connectivity index (χ1n) is 12.1. The van der Waals surface area contributed by atoms with Crippen LogP contribution < -0.4 is 10.6 Å². The number of nitrogens with zero attached hydrogens (tertiary/aromatic N) is 5. The molecule has 1 saturated heterocycles. The minimum Gasteiger partial charge on any atom is -0.381 e. The molecule has 184 valence electrons. The highest BCUT2D eigenvalue weighted by Crippen LogP contribution is 2.26. The molecule has 0 spiro atoms. The molecular formula is C26H33N7O2. The molecular weight excluding hydrogens is 442 g/mol. The average molecular weight is 476 g/mol. The van der Waals surface area contributed by atoms with Gasteiger partial charge in [-0.3, -0.25) is 4.79 Å². The van der Waals surface area contributed by atoms with E-state index in [1.165, 1.54) is 5.56 Å². The number of ether oxygens (including phenoxy) is 1. The van der Waals surface area contributed by atoms with E-state index >= 15 is 0 Å². The number of carbonyl (C=O) groups excluding carboxylic acids is 1. The summed E-state index contributed by atoms with van der Waals surface area (Å²) in [4.78, 5) is 20.3. The monoisotopic (exact) mass is 475 g/mol. The van der Waals surface area contributed by atoms with Crippen molar-refractivity contribution in [1.82, 2.24) is 30.3 Å². The van der Waals surface area contributed by atoms with Gasteiger partial charge < -0.3 is 20.3 Å². The summed E-state index contributed by atoms with van der Waals surface area (Å²) in [7, 11) is 4.04. The Hall–Kier alpha value is -3.32. The largest absolute Gasteiger partial charge is 0.381 e. The first kappa shape index (κ1) is 24.8. The van der Waals surface area contributed by atoms with Crippen LogP contribution in [0.4, 0.5) is 0 Å². The number of pyridine rings is 1. The molecule has 3 heterocycles. The Balaban J connectivity index is 1.64. The van der Waals surface area contributed by atoms with Gasteiger partial charge in [-0.1, -0.05) is 18.2 Å². The van der Waals surface area contributed by atoms with E-state index in [0.717, 1.165) is 51.3 Å². The van der Waals surface area contributed by atoms with Crippen molar-refractivity contribution < 1.29 is 9.53 Å². The van der Waals surface area contributed by atoms with Gasteiger partial charge in [0.1, 0.15) is 6.54 Å². The van der Waals surface area contributed by atoms with Crippen LogP contribution in [0.2, 0.25) is 0 Å². The topological polar surface area (TPSA) is 108 Å². The molecule has 0 bridgehead atoms. The second-order valence-corrected chi connectivity index (χ2v) is 9.06. The highest BCUT2D eigenvalue weighted by molar-refractivity contribution is 6.06. The Morgan fingerprint density at radius 2 is 2.14 bits per heavy atom. The molecule has 1 fully saturated rings. The summed E-state index contributed by atoms with van der Waals surface area (Å²) in [5.41, 5.74) is 3.84. The zero-order valence-electron chi connectivity index (χ0n) is 20.5. The van der Waals surface area contributed by atoms with Crippen molar-refractivity contribution in [3.05, 3.63) is 47.7 Å². The van der Waals surface area contributed by atoms with Gasteiger partial charge in [-0.05, 0) is 50.6 Å². The van der Waals surface area contributed by atoms with Gasteiger partial charge in [-0.2, -0.15) is 10.4 Å². The normalized spacial score (nSPS) is 14.3. The third kappa shape index (κ3) is 6.22. The van der Waals surface area contributed by atoms with Crippen LogP contribution in [0.25, 0.3) is 22.3 Å². The summed E-state index contributed by atoms with van der Waals surface area (Å²) in [5.74, 6) is 0.270. The van der Waals surface area contributed by atoms with Crippen molar-refractivity contribution in [3.8, 4) is 17.3 Å². The van der Waals surface area contributed by atoms with Crippen molar-refractivity contribution >= 4 is 16.9 Å².